The summed E-state index contributed by atoms with van der Waals surface area (Å²) >= 11 is 9.79. The van der Waals surface area contributed by atoms with Crippen molar-refractivity contribution in [2.45, 2.75) is 60.6 Å². The van der Waals surface area contributed by atoms with Crippen LogP contribution in [0, 0.1) is 10.7 Å². The number of hydrogen-bond donors (Lipinski definition) is 2. The van der Waals surface area contributed by atoms with Crippen LogP contribution in [0.5, 0.6) is 0 Å². The van der Waals surface area contributed by atoms with Gasteiger partial charge >= 0.3 is 0 Å². The zero-order chi connectivity index (χ0) is 16.0. The molecule has 0 radical (unpaired) electrons. The van der Waals surface area contributed by atoms with Gasteiger partial charge in [-0.25, -0.2) is 8.99 Å². The number of anilines is 1. The smallest absolute Gasteiger partial charge is 0.132 e. The molecule has 0 aromatic heterocycles. The number of rotatable bonds is 4. The molecule has 2 saturated carbocycles. The van der Waals surface area contributed by atoms with Crippen LogP contribution >= 0.6 is 27.5 Å². The third kappa shape index (κ3) is 3.17. The predicted octanol–water partition coefficient (Wildman–Crippen LogP) is 5.57. The summed E-state index contributed by atoms with van der Waals surface area (Å²) in [4.78, 5) is 0.523. The van der Waals surface area contributed by atoms with Gasteiger partial charge in [0, 0.05) is 16.2 Å². The van der Waals surface area contributed by atoms with Crippen molar-refractivity contribution < 1.29 is 4.21 Å². The third-order valence-electron chi connectivity index (χ3n) is 4.81. The van der Waals surface area contributed by atoms with Crippen molar-refractivity contribution in [1.82, 2.24) is 0 Å². The topological polar surface area (TPSA) is 53.0 Å². The summed E-state index contributed by atoms with van der Waals surface area (Å²) in [7, 11) is -2.94. The van der Waals surface area contributed by atoms with Gasteiger partial charge in [-0.05, 0) is 78.6 Å². The summed E-state index contributed by atoms with van der Waals surface area (Å²) in [5.74, 6) is 0.829. The van der Waals surface area contributed by atoms with E-state index in [1.807, 2.05) is 6.07 Å². The predicted molar refractivity (Wildman–Crippen MR) is 96.1 cm³/mol. The normalized spacial score (nSPS) is 29.6. The zero-order valence-electron chi connectivity index (χ0n) is 12.7. The van der Waals surface area contributed by atoms with E-state index in [9.17, 15) is 4.21 Å². The monoisotopic (exact) mass is 404 g/mol. The molecule has 2 aliphatic carbocycles. The first-order valence-electron chi connectivity index (χ1n) is 7.85. The Bertz CT molecular complexity index is 665. The van der Waals surface area contributed by atoms with Gasteiger partial charge in [0.15, 0.2) is 0 Å². The molecule has 1 atom stereocenters. The second-order valence-electron chi connectivity index (χ2n) is 6.68. The van der Waals surface area contributed by atoms with Gasteiger partial charge < -0.3 is 5.32 Å². The van der Waals surface area contributed by atoms with E-state index in [1.165, 1.54) is 25.7 Å². The van der Waals surface area contributed by atoms with Crippen molar-refractivity contribution in [3.8, 4) is 0 Å². The zero-order valence-corrected chi connectivity index (χ0v) is 15.9. The molecule has 1 unspecified atom stereocenters. The average Bonchev–Trinajstić information content (AvgIpc) is 3.23. The minimum atomic E-state index is -2.94. The molecule has 0 spiro atoms. The Morgan fingerprint density at radius 3 is 2.50 bits per heavy atom. The van der Waals surface area contributed by atoms with Crippen molar-refractivity contribution in [1.29, 1.82) is 4.78 Å². The Hall–Kier alpha value is -0.260. The molecule has 1 aromatic rings. The highest BCUT2D eigenvalue weighted by atomic mass is 79.9. The maximum atomic E-state index is 12.7. The molecule has 0 saturated heterocycles. The number of alkyl halides is 1. The maximum absolute atomic E-state index is 12.7. The van der Waals surface area contributed by atoms with Crippen molar-refractivity contribution in [2.75, 3.05) is 5.32 Å². The molecular formula is C16H22BrClN2OS. The van der Waals surface area contributed by atoms with Gasteiger partial charge in [-0.1, -0.05) is 6.92 Å². The first-order chi connectivity index (χ1) is 10.3. The number of halogens is 2. The molecule has 2 aliphatic rings. The van der Waals surface area contributed by atoms with E-state index < -0.39 is 13.9 Å². The van der Waals surface area contributed by atoms with E-state index in [0.29, 0.717) is 23.8 Å². The van der Waals surface area contributed by atoms with E-state index >= 15 is 0 Å². The molecule has 22 heavy (non-hydrogen) atoms. The minimum Gasteiger partial charge on any atom is -0.381 e. The van der Waals surface area contributed by atoms with Crippen LogP contribution in [0.1, 0.15) is 45.4 Å². The van der Waals surface area contributed by atoms with Gasteiger partial charge in [0.05, 0.1) is 14.6 Å². The Morgan fingerprint density at radius 1 is 1.32 bits per heavy atom. The summed E-state index contributed by atoms with van der Waals surface area (Å²) in [5.41, 5.74) is 1.01. The van der Waals surface area contributed by atoms with Gasteiger partial charge in [0.1, 0.15) is 4.21 Å². The van der Waals surface area contributed by atoms with Gasteiger partial charge in [-0.15, -0.1) is 11.6 Å². The number of benzene rings is 1. The maximum Gasteiger partial charge on any atom is 0.132 e. The van der Waals surface area contributed by atoms with E-state index in [1.54, 1.807) is 12.1 Å². The molecule has 3 nitrogen and oxygen atoms in total. The Kier molecular flexibility index (Phi) is 4.52. The SMILES string of the molecule is CC1CCC(Nc2ccc(S(=N)(=O)C3(Cl)CC3)cc2Br)CC1. The van der Waals surface area contributed by atoms with Gasteiger partial charge in [0.2, 0.25) is 0 Å². The highest BCUT2D eigenvalue weighted by Gasteiger charge is 2.51. The lowest BCUT2D eigenvalue weighted by atomic mass is 9.87. The molecule has 1 aromatic carbocycles. The largest absolute Gasteiger partial charge is 0.381 e. The second kappa shape index (κ2) is 5.99. The molecule has 2 N–H and O–H groups in total. The molecule has 0 bridgehead atoms. The van der Waals surface area contributed by atoms with Gasteiger partial charge in [0.25, 0.3) is 0 Å². The van der Waals surface area contributed by atoms with E-state index in [0.717, 1.165) is 16.1 Å². The quantitative estimate of drug-likeness (QED) is 0.643. The number of hydrogen-bond acceptors (Lipinski definition) is 3. The summed E-state index contributed by atoms with van der Waals surface area (Å²) in [6.07, 6.45) is 6.24. The Labute approximate surface area is 146 Å². The molecule has 122 valence electrons. The molecule has 0 heterocycles. The first kappa shape index (κ1) is 16.6. The van der Waals surface area contributed by atoms with Crippen molar-refractivity contribution >= 4 is 42.9 Å². The van der Waals surface area contributed by atoms with E-state index in [2.05, 4.69) is 28.2 Å². The van der Waals surface area contributed by atoms with Crippen LogP contribution in [0.2, 0.25) is 0 Å². The first-order valence-corrected chi connectivity index (χ1v) is 10.6. The van der Waals surface area contributed by atoms with Crippen LogP contribution in [0.3, 0.4) is 0 Å². The summed E-state index contributed by atoms with van der Waals surface area (Å²) in [6.45, 7) is 2.31. The van der Waals surface area contributed by atoms with Crippen LogP contribution in [0.4, 0.5) is 5.69 Å². The van der Waals surface area contributed by atoms with Crippen LogP contribution in [0.15, 0.2) is 27.6 Å². The van der Waals surface area contributed by atoms with Gasteiger partial charge in [-0.3, -0.25) is 0 Å². The molecule has 6 heteroatoms. The lowest BCUT2D eigenvalue weighted by Gasteiger charge is -2.28. The fourth-order valence-corrected chi connectivity index (χ4v) is 5.66. The Balaban J connectivity index is 1.75. The highest BCUT2D eigenvalue weighted by Crippen LogP contribution is 2.51. The molecular weight excluding hydrogens is 384 g/mol. The lowest BCUT2D eigenvalue weighted by Crippen LogP contribution is -2.25. The fourth-order valence-electron chi connectivity index (χ4n) is 3.01. The fraction of sp³-hybridized carbons (Fsp3) is 0.625. The van der Waals surface area contributed by atoms with Crippen LogP contribution in [0.25, 0.3) is 0 Å². The molecule has 0 amide bonds. The van der Waals surface area contributed by atoms with Crippen molar-refractivity contribution in [3.63, 3.8) is 0 Å². The molecule has 0 aliphatic heterocycles. The Morgan fingerprint density at radius 2 is 1.95 bits per heavy atom. The summed E-state index contributed by atoms with van der Waals surface area (Å²) in [6, 6.07) is 6.01. The van der Waals surface area contributed by atoms with Crippen molar-refractivity contribution in [3.05, 3.63) is 22.7 Å². The minimum absolute atomic E-state index is 0.501. The molecule has 3 rings (SSSR count). The summed E-state index contributed by atoms with van der Waals surface area (Å²) in [5, 5.41) is 3.57. The van der Waals surface area contributed by atoms with Gasteiger partial charge in [-0.2, -0.15) is 0 Å². The summed E-state index contributed by atoms with van der Waals surface area (Å²) < 4.78 is 20.9. The highest BCUT2D eigenvalue weighted by molar-refractivity contribution is 9.10. The third-order valence-corrected chi connectivity index (χ3v) is 8.85. The van der Waals surface area contributed by atoms with Crippen LogP contribution in [-0.4, -0.2) is 14.5 Å². The number of nitrogens with one attached hydrogen (secondary N) is 2. The molecule has 2 fully saturated rings. The second-order valence-corrected chi connectivity index (χ2v) is 10.8. The van der Waals surface area contributed by atoms with Crippen molar-refractivity contribution in [2.24, 2.45) is 5.92 Å². The van der Waals surface area contributed by atoms with E-state index in [4.69, 9.17) is 16.4 Å². The lowest BCUT2D eigenvalue weighted by molar-refractivity contribution is 0.361. The van der Waals surface area contributed by atoms with E-state index in [-0.39, 0.29) is 0 Å². The average molecular weight is 406 g/mol. The standard InChI is InChI=1S/C16H22BrClN2OS/c1-11-2-4-12(5-3-11)20-15-7-6-13(10-14(15)17)22(19,21)16(18)8-9-16/h6-7,10-12,19-20H,2-5,8-9H2,1H3. The van der Waals surface area contributed by atoms with Crippen LogP contribution < -0.4 is 5.32 Å². The van der Waals surface area contributed by atoms with Crippen LogP contribution in [-0.2, 0) is 9.73 Å².